The van der Waals surface area contributed by atoms with E-state index in [1.54, 1.807) is 12.1 Å². The fourth-order valence-corrected chi connectivity index (χ4v) is 1.77. The first kappa shape index (κ1) is 14.3. The SMILES string of the molecule is O=C(O)c1ccc(C(=O)Nc2cc(Cl)ccc2Cl)nc1. The molecule has 0 atom stereocenters. The third kappa shape index (κ3) is 3.26. The van der Waals surface area contributed by atoms with Crippen LogP contribution < -0.4 is 5.32 Å². The summed E-state index contributed by atoms with van der Waals surface area (Å²) in [6.07, 6.45) is 1.11. The second-order valence-corrected chi connectivity index (χ2v) is 4.66. The van der Waals surface area contributed by atoms with Gasteiger partial charge in [0.25, 0.3) is 5.91 Å². The lowest BCUT2D eigenvalue weighted by Crippen LogP contribution is -2.14. The van der Waals surface area contributed by atoms with Gasteiger partial charge in [-0.05, 0) is 30.3 Å². The molecule has 1 amide bonds. The maximum absolute atomic E-state index is 11.9. The highest BCUT2D eigenvalue weighted by Crippen LogP contribution is 2.25. The van der Waals surface area contributed by atoms with Crippen molar-refractivity contribution in [2.24, 2.45) is 0 Å². The van der Waals surface area contributed by atoms with Gasteiger partial charge in [-0.3, -0.25) is 9.78 Å². The molecule has 0 aliphatic rings. The van der Waals surface area contributed by atoms with Crippen LogP contribution in [0.25, 0.3) is 0 Å². The smallest absolute Gasteiger partial charge is 0.337 e. The number of carbonyl (C=O) groups excluding carboxylic acids is 1. The number of nitrogens with one attached hydrogen (secondary N) is 1. The molecule has 2 aromatic rings. The van der Waals surface area contributed by atoms with Crippen LogP contribution >= 0.6 is 23.2 Å². The van der Waals surface area contributed by atoms with Gasteiger partial charge >= 0.3 is 5.97 Å². The normalized spacial score (nSPS) is 10.1. The Balaban J connectivity index is 2.19. The summed E-state index contributed by atoms with van der Waals surface area (Å²) in [5.41, 5.74) is 0.432. The minimum atomic E-state index is -1.11. The molecule has 0 spiro atoms. The van der Waals surface area contributed by atoms with Crippen molar-refractivity contribution in [3.63, 3.8) is 0 Å². The molecule has 102 valence electrons. The molecule has 5 nitrogen and oxygen atoms in total. The standard InChI is InChI=1S/C13H8Cl2N2O3/c14-8-2-3-9(15)11(5-8)17-12(18)10-4-1-7(6-16-10)13(19)20/h1-6H,(H,17,18)(H,19,20). The third-order valence-corrected chi connectivity index (χ3v) is 2.98. The van der Waals surface area contributed by atoms with Crippen molar-refractivity contribution in [1.82, 2.24) is 4.98 Å². The highest BCUT2D eigenvalue weighted by atomic mass is 35.5. The van der Waals surface area contributed by atoms with E-state index in [9.17, 15) is 9.59 Å². The molecule has 1 aromatic heterocycles. The lowest BCUT2D eigenvalue weighted by molar-refractivity contribution is 0.0696. The first-order chi connectivity index (χ1) is 9.47. The molecule has 0 radical (unpaired) electrons. The molecule has 0 aliphatic heterocycles. The van der Waals surface area contributed by atoms with Crippen LogP contribution in [-0.2, 0) is 0 Å². The van der Waals surface area contributed by atoms with E-state index < -0.39 is 11.9 Å². The molecule has 0 saturated heterocycles. The molecule has 0 bridgehead atoms. The molecule has 1 heterocycles. The van der Waals surface area contributed by atoms with E-state index in [0.29, 0.717) is 15.7 Å². The second kappa shape index (κ2) is 5.90. The topological polar surface area (TPSA) is 79.3 Å². The number of hydrogen-bond donors (Lipinski definition) is 2. The predicted octanol–water partition coefficient (Wildman–Crippen LogP) is 3.34. The lowest BCUT2D eigenvalue weighted by Gasteiger charge is -2.07. The number of pyridine rings is 1. The molecular weight excluding hydrogens is 303 g/mol. The van der Waals surface area contributed by atoms with Crippen molar-refractivity contribution in [1.29, 1.82) is 0 Å². The van der Waals surface area contributed by atoms with Crippen LogP contribution in [0.4, 0.5) is 5.69 Å². The number of nitrogens with zero attached hydrogens (tertiary/aromatic N) is 1. The summed E-state index contributed by atoms with van der Waals surface area (Å²) in [6, 6.07) is 7.27. The van der Waals surface area contributed by atoms with Gasteiger partial charge in [0.05, 0.1) is 16.3 Å². The van der Waals surface area contributed by atoms with Crippen molar-refractivity contribution >= 4 is 40.8 Å². The van der Waals surface area contributed by atoms with Crippen LogP contribution in [0.1, 0.15) is 20.8 Å². The summed E-state index contributed by atoms with van der Waals surface area (Å²) >= 11 is 11.7. The average molecular weight is 311 g/mol. The molecule has 2 N–H and O–H groups in total. The summed E-state index contributed by atoms with van der Waals surface area (Å²) in [6.45, 7) is 0. The van der Waals surface area contributed by atoms with Crippen LogP contribution in [0.15, 0.2) is 36.5 Å². The van der Waals surface area contributed by atoms with E-state index in [4.69, 9.17) is 28.3 Å². The monoisotopic (exact) mass is 310 g/mol. The number of aromatic nitrogens is 1. The van der Waals surface area contributed by atoms with Crippen molar-refractivity contribution in [2.45, 2.75) is 0 Å². The van der Waals surface area contributed by atoms with Crippen LogP contribution in [0, 0.1) is 0 Å². The Hall–Kier alpha value is -2.11. The second-order valence-electron chi connectivity index (χ2n) is 3.82. The van der Waals surface area contributed by atoms with E-state index in [1.165, 1.54) is 18.2 Å². The molecule has 20 heavy (non-hydrogen) atoms. The van der Waals surface area contributed by atoms with Gasteiger partial charge in [0, 0.05) is 11.2 Å². The number of carbonyl (C=O) groups is 2. The van der Waals surface area contributed by atoms with Gasteiger partial charge in [-0.25, -0.2) is 4.79 Å². The van der Waals surface area contributed by atoms with Crippen LogP contribution in [0.3, 0.4) is 0 Å². The maximum atomic E-state index is 11.9. The predicted molar refractivity (Wildman–Crippen MR) is 75.6 cm³/mol. The number of carboxylic acid groups (broad SMARTS) is 1. The number of halogens is 2. The fraction of sp³-hybridized carbons (Fsp3) is 0. The van der Waals surface area contributed by atoms with Gasteiger partial charge in [0.1, 0.15) is 5.69 Å². The van der Waals surface area contributed by atoms with Gasteiger partial charge in [0.15, 0.2) is 0 Å². The summed E-state index contributed by atoms with van der Waals surface area (Å²) < 4.78 is 0. The van der Waals surface area contributed by atoms with Crippen molar-refractivity contribution < 1.29 is 14.7 Å². The molecule has 0 unspecified atom stereocenters. The molecule has 0 saturated carbocycles. The van der Waals surface area contributed by atoms with Crippen molar-refractivity contribution in [2.75, 3.05) is 5.32 Å². The highest BCUT2D eigenvalue weighted by Gasteiger charge is 2.11. The van der Waals surface area contributed by atoms with Crippen molar-refractivity contribution in [3.05, 3.63) is 57.8 Å². The van der Waals surface area contributed by atoms with E-state index in [-0.39, 0.29) is 11.3 Å². The Kier molecular flexibility index (Phi) is 4.22. The number of benzene rings is 1. The quantitative estimate of drug-likeness (QED) is 0.911. The van der Waals surface area contributed by atoms with Gasteiger partial charge in [-0.2, -0.15) is 0 Å². The minimum Gasteiger partial charge on any atom is -0.478 e. The first-order valence-corrected chi connectivity index (χ1v) is 6.18. The van der Waals surface area contributed by atoms with Crippen molar-refractivity contribution in [3.8, 4) is 0 Å². The maximum Gasteiger partial charge on any atom is 0.337 e. The van der Waals surface area contributed by atoms with Gasteiger partial charge < -0.3 is 10.4 Å². The van der Waals surface area contributed by atoms with Gasteiger partial charge in [-0.1, -0.05) is 23.2 Å². The minimum absolute atomic E-state index is 0.00216. The summed E-state index contributed by atoms with van der Waals surface area (Å²) in [7, 11) is 0. The van der Waals surface area contributed by atoms with Gasteiger partial charge in [0.2, 0.25) is 0 Å². The van der Waals surface area contributed by atoms with E-state index in [0.717, 1.165) is 6.20 Å². The molecule has 7 heteroatoms. The third-order valence-electron chi connectivity index (χ3n) is 2.42. The van der Waals surface area contributed by atoms with E-state index >= 15 is 0 Å². The van der Waals surface area contributed by atoms with Gasteiger partial charge in [-0.15, -0.1) is 0 Å². The Morgan fingerprint density at radius 1 is 1.15 bits per heavy atom. The van der Waals surface area contributed by atoms with Crippen LogP contribution in [0.2, 0.25) is 10.0 Å². The molecule has 0 fully saturated rings. The average Bonchev–Trinajstić information content (AvgIpc) is 2.43. The molecule has 2 rings (SSSR count). The zero-order valence-corrected chi connectivity index (χ0v) is 11.4. The summed E-state index contributed by atoms with van der Waals surface area (Å²) in [4.78, 5) is 26.4. The van der Waals surface area contributed by atoms with Crippen LogP contribution in [-0.4, -0.2) is 22.0 Å². The number of aromatic carboxylic acids is 1. The zero-order valence-electron chi connectivity index (χ0n) is 9.93. The van der Waals surface area contributed by atoms with Crippen LogP contribution in [0.5, 0.6) is 0 Å². The first-order valence-electron chi connectivity index (χ1n) is 5.43. The van der Waals surface area contributed by atoms with E-state index in [2.05, 4.69) is 10.3 Å². The number of amides is 1. The largest absolute Gasteiger partial charge is 0.478 e. The zero-order chi connectivity index (χ0) is 14.7. The summed E-state index contributed by atoms with van der Waals surface area (Å²) in [5, 5.41) is 12.1. The molecular formula is C13H8Cl2N2O3. The number of carboxylic acids is 1. The Bertz CT molecular complexity index is 672. The Labute approximate surface area is 124 Å². The summed E-state index contributed by atoms with van der Waals surface area (Å²) in [5.74, 6) is -1.62. The number of rotatable bonds is 3. The Morgan fingerprint density at radius 3 is 2.50 bits per heavy atom. The molecule has 1 aromatic carbocycles. The van der Waals surface area contributed by atoms with E-state index in [1.807, 2.05) is 0 Å². The Morgan fingerprint density at radius 2 is 1.90 bits per heavy atom. The molecule has 0 aliphatic carbocycles. The fourth-order valence-electron chi connectivity index (χ4n) is 1.43. The number of anilines is 1. The number of hydrogen-bond acceptors (Lipinski definition) is 3. The lowest BCUT2D eigenvalue weighted by atomic mass is 10.2. The highest BCUT2D eigenvalue weighted by molar-refractivity contribution is 6.35.